The Balaban J connectivity index is 2.22. The lowest BCUT2D eigenvalue weighted by atomic mass is 9.83. The van der Waals surface area contributed by atoms with Gasteiger partial charge in [-0.1, -0.05) is 5.16 Å². The van der Waals surface area contributed by atoms with Crippen LogP contribution < -0.4 is 5.73 Å². The summed E-state index contributed by atoms with van der Waals surface area (Å²) in [5.41, 5.74) is 10.8. The van der Waals surface area contributed by atoms with Crippen LogP contribution in [0.15, 0.2) is 4.52 Å². The molecule has 0 bridgehead atoms. The Kier molecular flexibility index (Phi) is 3.22. The lowest BCUT2D eigenvalue weighted by molar-refractivity contribution is 0.380. The van der Waals surface area contributed by atoms with Gasteiger partial charge in [0.1, 0.15) is 5.75 Å². The Labute approximate surface area is 117 Å². The van der Waals surface area contributed by atoms with Crippen LogP contribution in [0.25, 0.3) is 11.4 Å². The molecule has 5 heteroatoms. The van der Waals surface area contributed by atoms with Crippen LogP contribution in [-0.2, 0) is 19.4 Å². The molecule has 1 aliphatic carbocycles. The molecule has 0 radical (unpaired) electrons. The zero-order valence-electron chi connectivity index (χ0n) is 11.9. The topological polar surface area (TPSA) is 85.2 Å². The minimum Gasteiger partial charge on any atom is -0.507 e. The van der Waals surface area contributed by atoms with Gasteiger partial charge in [0, 0.05) is 0 Å². The van der Waals surface area contributed by atoms with E-state index in [1.807, 2.05) is 13.8 Å². The van der Waals surface area contributed by atoms with Crippen molar-refractivity contribution in [1.29, 1.82) is 0 Å². The molecule has 1 aromatic heterocycles. The number of fused-ring (bicyclic) bond motifs is 1. The fourth-order valence-electron chi connectivity index (χ4n) is 3.10. The van der Waals surface area contributed by atoms with E-state index in [0.29, 0.717) is 17.3 Å². The minimum absolute atomic E-state index is 0.205. The molecule has 1 aliphatic rings. The Hall–Kier alpha value is -1.88. The molecule has 0 fully saturated rings. The number of nitrogens with zero attached hydrogens (tertiary/aromatic N) is 2. The summed E-state index contributed by atoms with van der Waals surface area (Å²) in [5, 5.41) is 14.5. The minimum atomic E-state index is 0.205. The van der Waals surface area contributed by atoms with Gasteiger partial charge in [-0.2, -0.15) is 4.98 Å². The summed E-state index contributed by atoms with van der Waals surface area (Å²) in [6, 6.07) is 0. The summed E-state index contributed by atoms with van der Waals surface area (Å²) >= 11 is 0. The summed E-state index contributed by atoms with van der Waals surface area (Å²) in [5.74, 6) is 1.08. The lowest BCUT2D eigenvalue weighted by Crippen LogP contribution is -2.09. The van der Waals surface area contributed by atoms with Crippen LogP contribution >= 0.6 is 0 Å². The van der Waals surface area contributed by atoms with Crippen LogP contribution in [-0.4, -0.2) is 15.2 Å². The van der Waals surface area contributed by atoms with Gasteiger partial charge in [-0.15, -0.1) is 0 Å². The highest BCUT2D eigenvalue weighted by Gasteiger charge is 2.24. The maximum atomic E-state index is 10.5. The van der Waals surface area contributed by atoms with E-state index in [4.69, 9.17) is 10.3 Å². The number of nitrogens with two attached hydrogens (primary N) is 1. The highest BCUT2D eigenvalue weighted by molar-refractivity contribution is 5.73. The van der Waals surface area contributed by atoms with E-state index in [1.165, 1.54) is 24.0 Å². The molecule has 0 spiro atoms. The lowest BCUT2D eigenvalue weighted by Gasteiger charge is -2.23. The third kappa shape index (κ3) is 1.89. The van der Waals surface area contributed by atoms with E-state index >= 15 is 0 Å². The van der Waals surface area contributed by atoms with Gasteiger partial charge in [-0.3, -0.25) is 0 Å². The highest BCUT2D eigenvalue weighted by atomic mass is 16.5. The molecule has 5 nitrogen and oxygen atoms in total. The van der Waals surface area contributed by atoms with Crippen molar-refractivity contribution < 1.29 is 9.63 Å². The third-order valence-corrected chi connectivity index (χ3v) is 4.21. The molecule has 2 aromatic rings. The molecule has 0 saturated carbocycles. The first-order chi connectivity index (χ1) is 9.63. The first-order valence-corrected chi connectivity index (χ1v) is 7.00. The predicted molar refractivity (Wildman–Crippen MR) is 75.4 cm³/mol. The van der Waals surface area contributed by atoms with Crippen LogP contribution in [0.2, 0.25) is 0 Å². The molecule has 0 amide bonds. The average molecular weight is 273 g/mol. The van der Waals surface area contributed by atoms with Crippen molar-refractivity contribution >= 4 is 0 Å². The number of benzene rings is 1. The normalized spacial score (nSPS) is 14.3. The van der Waals surface area contributed by atoms with E-state index in [9.17, 15) is 5.11 Å². The number of aromatic hydroxyl groups is 1. The van der Waals surface area contributed by atoms with Crippen LogP contribution in [0, 0.1) is 13.8 Å². The highest BCUT2D eigenvalue weighted by Crippen LogP contribution is 2.40. The van der Waals surface area contributed by atoms with Crippen LogP contribution in [0.3, 0.4) is 0 Å². The van der Waals surface area contributed by atoms with Gasteiger partial charge in [0.25, 0.3) is 0 Å². The third-order valence-electron chi connectivity index (χ3n) is 4.21. The second-order valence-corrected chi connectivity index (χ2v) is 5.35. The number of hydrogen-bond donors (Lipinski definition) is 2. The molecule has 1 aromatic carbocycles. The van der Waals surface area contributed by atoms with Gasteiger partial charge in [0.2, 0.25) is 11.7 Å². The quantitative estimate of drug-likeness (QED) is 0.877. The summed E-state index contributed by atoms with van der Waals surface area (Å²) in [6.45, 7) is 4.19. The van der Waals surface area contributed by atoms with Gasteiger partial charge in [-0.05, 0) is 61.8 Å². The zero-order chi connectivity index (χ0) is 14.3. The van der Waals surface area contributed by atoms with Crippen LogP contribution in [0.5, 0.6) is 5.75 Å². The fraction of sp³-hybridized carbons (Fsp3) is 0.467. The largest absolute Gasteiger partial charge is 0.507 e. The standard InChI is InChI=1S/C15H19N3O2/c1-8-10-5-3-4-6-11(10)9(2)14(19)13(8)15-17-12(7-16)20-18-15/h19H,3-7,16H2,1-2H3. The van der Waals surface area contributed by atoms with Gasteiger partial charge >= 0.3 is 0 Å². The average Bonchev–Trinajstić information content (AvgIpc) is 2.94. The zero-order valence-corrected chi connectivity index (χ0v) is 11.9. The molecule has 0 unspecified atom stereocenters. The molecular formula is C15H19N3O2. The molecule has 0 atom stereocenters. The number of rotatable bonds is 2. The van der Waals surface area contributed by atoms with Crippen molar-refractivity contribution in [3.8, 4) is 17.1 Å². The number of phenolic OH excluding ortho intramolecular Hbond substituents is 1. The van der Waals surface area contributed by atoms with Gasteiger partial charge in [-0.25, -0.2) is 0 Å². The molecule has 3 N–H and O–H groups in total. The molecule has 1 heterocycles. The van der Waals surface area contributed by atoms with Crippen molar-refractivity contribution in [3.63, 3.8) is 0 Å². The Morgan fingerprint density at radius 1 is 1.15 bits per heavy atom. The van der Waals surface area contributed by atoms with Gasteiger partial charge in [0.15, 0.2) is 0 Å². The molecular weight excluding hydrogens is 254 g/mol. The summed E-state index contributed by atoms with van der Waals surface area (Å²) in [4.78, 5) is 4.25. The van der Waals surface area contributed by atoms with E-state index < -0.39 is 0 Å². The Morgan fingerprint density at radius 2 is 1.80 bits per heavy atom. The van der Waals surface area contributed by atoms with E-state index in [0.717, 1.165) is 24.0 Å². The van der Waals surface area contributed by atoms with Gasteiger partial charge < -0.3 is 15.4 Å². The van der Waals surface area contributed by atoms with Crippen molar-refractivity contribution in [1.82, 2.24) is 10.1 Å². The van der Waals surface area contributed by atoms with Crippen molar-refractivity contribution in [3.05, 3.63) is 28.1 Å². The Bertz CT molecular complexity index is 662. The van der Waals surface area contributed by atoms with E-state index in [2.05, 4.69) is 10.1 Å². The summed E-state index contributed by atoms with van der Waals surface area (Å²) in [7, 11) is 0. The smallest absolute Gasteiger partial charge is 0.240 e. The molecule has 106 valence electrons. The van der Waals surface area contributed by atoms with Crippen LogP contribution in [0.1, 0.15) is 41.0 Å². The Morgan fingerprint density at radius 3 is 2.40 bits per heavy atom. The molecule has 3 rings (SSSR count). The first-order valence-electron chi connectivity index (χ1n) is 7.00. The summed E-state index contributed by atoms with van der Waals surface area (Å²) in [6.07, 6.45) is 4.47. The number of phenols is 1. The van der Waals surface area contributed by atoms with Crippen molar-refractivity contribution in [2.24, 2.45) is 5.73 Å². The number of aromatic nitrogens is 2. The van der Waals surface area contributed by atoms with Gasteiger partial charge in [0.05, 0.1) is 12.1 Å². The molecule has 0 saturated heterocycles. The fourth-order valence-corrected chi connectivity index (χ4v) is 3.10. The van der Waals surface area contributed by atoms with E-state index in [1.54, 1.807) is 0 Å². The second kappa shape index (κ2) is 4.90. The number of hydrogen-bond acceptors (Lipinski definition) is 5. The van der Waals surface area contributed by atoms with Crippen LogP contribution in [0.4, 0.5) is 0 Å². The monoisotopic (exact) mass is 273 g/mol. The van der Waals surface area contributed by atoms with Crippen molar-refractivity contribution in [2.45, 2.75) is 46.1 Å². The first kappa shape index (κ1) is 13.1. The second-order valence-electron chi connectivity index (χ2n) is 5.35. The maximum absolute atomic E-state index is 10.5. The SMILES string of the molecule is Cc1c(O)c(-c2noc(CN)n2)c(C)c2c1CCCC2. The maximum Gasteiger partial charge on any atom is 0.240 e. The van der Waals surface area contributed by atoms with Crippen molar-refractivity contribution in [2.75, 3.05) is 0 Å². The molecule has 0 aliphatic heterocycles. The predicted octanol–water partition coefficient (Wildman–Crippen LogP) is 2.40. The molecule has 20 heavy (non-hydrogen) atoms. The summed E-state index contributed by atoms with van der Waals surface area (Å²) < 4.78 is 5.06. The van der Waals surface area contributed by atoms with E-state index in [-0.39, 0.29) is 12.3 Å².